The van der Waals surface area contributed by atoms with Gasteiger partial charge in [0.15, 0.2) is 5.82 Å². The normalized spacial score (nSPS) is 12.9. The van der Waals surface area contributed by atoms with Gasteiger partial charge in [-0.3, -0.25) is 0 Å². The van der Waals surface area contributed by atoms with Crippen LogP contribution in [0.25, 0.3) is 10.8 Å². The van der Waals surface area contributed by atoms with Crippen molar-refractivity contribution >= 4 is 16.3 Å². The van der Waals surface area contributed by atoms with Crippen molar-refractivity contribution in [2.75, 3.05) is 12.8 Å². The predicted octanol–water partition coefficient (Wildman–Crippen LogP) is 1.96. The van der Waals surface area contributed by atoms with E-state index in [1.54, 1.807) is 7.11 Å². The Morgan fingerprint density at radius 3 is 3.00 bits per heavy atom. The smallest absolute Gasteiger partial charge is 0.268 e. The van der Waals surface area contributed by atoms with Crippen LogP contribution in [0.15, 0.2) is 16.7 Å². The van der Waals surface area contributed by atoms with E-state index < -0.39 is 0 Å². The minimum absolute atomic E-state index is 0.0823. The molecule has 2 heterocycles. The summed E-state index contributed by atoms with van der Waals surface area (Å²) in [5, 5.41) is 4.63. The third-order valence-corrected chi connectivity index (χ3v) is 3.08. The molecule has 16 heavy (non-hydrogen) atoms. The summed E-state index contributed by atoms with van der Waals surface area (Å²) in [5.74, 6) is 1.16. The molecule has 0 aliphatic heterocycles. The van der Waals surface area contributed by atoms with Crippen LogP contribution in [0.5, 0.6) is 0 Å². The fraction of sp³-hybridized carbons (Fsp3) is 0.400. The molecule has 0 aliphatic rings. The Morgan fingerprint density at radius 1 is 1.56 bits per heavy atom. The molecule has 0 spiro atoms. The highest BCUT2D eigenvalue weighted by molar-refractivity contribution is 7.19. The van der Waals surface area contributed by atoms with Gasteiger partial charge in [0.1, 0.15) is 0 Å². The van der Waals surface area contributed by atoms with E-state index in [1.807, 2.05) is 19.1 Å². The monoisotopic (exact) mass is 239 g/mol. The van der Waals surface area contributed by atoms with Gasteiger partial charge >= 0.3 is 0 Å². The summed E-state index contributed by atoms with van der Waals surface area (Å²) in [5.41, 5.74) is 5.63. The van der Waals surface area contributed by atoms with E-state index in [-0.39, 0.29) is 6.10 Å². The molecule has 2 N–H and O–H groups in total. The molecule has 0 fully saturated rings. The van der Waals surface area contributed by atoms with Gasteiger partial charge < -0.3 is 15.0 Å². The summed E-state index contributed by atoms with van der Waals surface area (Å²) in [6.45, 7) is 1.96. The second-order valence-electron chi connectivity index (χ2n) is 3.47. The molecule has 86 valence electrons. The highest BCUT2D eigenvalue weighted by Gasteiger charge is 2.12. The van der Waals surface area contributed by atoms with Crippen LogP contribution < -0.4 is 5.73 Å². The van der Waals surface area contributed by atoms with Gasteiger partial charge in [0.25, 0.3) is 5.89 Å². The van der Waals surface area contributed by atoms with E-state index in [9.17, 15) is 0 Å². The second-order valence-corrected chi connectivity index (χ2v) is 4.58. The SMILES string of the molecule is COC(C)Cc1noc(-c2ccc(N)s2)n1. The summed E-state index contributed by atoms with van der Waals surface area (Å²) >= 11 is 1.43. The topological polar surface area (TPSA) is 74.2 Å². The summed E-state index contributed by atoms with van der Waals surface area (Å²) in [4.78, 5) is 5.17. The van der Waals surface area contributed by atoms with Crippen molar-refractivity contribution in [1.82, 2.24) is 10.1 Å². The van der Waals surface area contributed by atoms with Gasteiger partial charge in [0.2, 0.25) is 0 Å². The molecule has 6 heteroatoms. The van der Waals surface area contributed by atoms with Crippen LogP contribution >= 0.6 is 11.3 Å². The van der Waals surface area contributed by atoms with Crippen molar-refractivity contribution in [2.45, 2.75) is 19.4 Å². The Morgan fingerprint density at radius 2 is 2.38 bits per heavy atom. The molecule has 0 saturated carbocycles. The van der Waals surface area contributed by atoms with Crippen molar-refractivity contribution in [3.63, 3.8) is 0 Å². The molecule has 2 rings (SSSR count). The molecule has 0 aliphatic carbocycles. The maximum absolute atomic E-state index is 5.63. The summed E-state index contributed by atoms with van der Waals surface area (Å²) in [6.07, 6.45) is 0.722. The molecule has 0 aromatic carbocycles. The van der Waals surface area contributed by atoms with E-state index in [2.05, 4.69) is 10.1 Å². The van der Waals surface area contributed by atoms with Gasteiger partial charge in [-0.05, 0) is 19.1 Å². The predicted molar refractivity (Wildman–Crippen MR) is 62.2 cm³/mol. The average Bonchev–Trinajstić information content (AvgIpc) is 2.87. The second kappa shape index (κ2) is 4.63. The van der Waals surface area contributed by atoms with Crippen LogP contribution in [0.3, 0.4) is 0 Å². The molecule has 2 aromatic heterocycles. The Balaban J connectivity index is 2.13. The van der Waals surface area contributed by atoms with E-state index in [0.29, 0.717) is 18.1 Å². The Labute approximate surface area is 97.2 Å². The number of hydrogen-bond acceptors (Lipinski definition) is 6. The van der Waals surface area contributed by atoms with Gasteiger partial charge in [0.05, 0.1) is 16.0 Å². The number of nitrogens with zero attached hydrogens (tertiary/aromatic N) is 2. The first kappa shape index (κ1) is 11.1. The lowest BCUT2D eigenvalue weighted by atomic mass is 10.3. The van der Waals surface area contributed by atoms with Crippen LogP contribution in [0.2, 0.25) is 0 Å². The summed E-state index contributed by atoms with van der Waals surface area (Å²) < 4.78 is 10.3. The average molecular weight is 239 g/mol. The fourth-order valence-corrected chi connectivity index (χ4v) is 1.94. The largest absolute Gasteiger partial charge is 0.391 e. The zero-order chi connectivity index (χ0) is 11.5. The number of ether oxygens (including phenoxy) is 1. The lowest BCUT2D eigenvalue weighted by Gasteiger charge is -2.03. The van der Waals surface area contributed by atoms with Gasteiger partial charge in [-0.15, -0.1) is 11.3 Å². The van der Waals surface area contributed by atoms with Gasteiger partial charge in [-0.1, -0.05) is 5.16 Å². The van der Waals surface area contributed by atoms with Crippen LogP contribution in [-0.4, -0.2) is 23.4 Å². The molecular weight excluding hydrogens is 226 g/mol. The first-order valence-corrected chi connectivity index (χ1v) is 5.71. The number of rotatable bonds is 4. The minimum Gasteiger partial charge on any atom is -0.391 e. The van der Waals surface area contributed by atoms with E-state index in [0.717, 1.165) is 9.88 Å². The van der Waals surface area contributed by atoms with Crippen molar-refractivity contribution in [3.05, 3.63) is 18.0 Å². The first-order chi connectivity index (χ1) is 7.69. The van der Waals surface area contributed by atoms with Crippen LogP contribution in [-0.2, 0) is 11.2 Å². The van der Waals surface area contributed by atoms with Gasteiger partial charge in [-0.2, -0.15) is 4.98 Å². The molecule has 2 aromatic rings. The van der Waals surface area contributed by atoms with Crippen LogP contribution in [0.4, 0.5) is 5.00 Å². The number of nitrogen functional groups attached to an aromatic ring is 1. The lowest BCUT2D eigenvalue weighted by molar-refractivity contribution is 0.116. The highest BCUT2D eigenvalue weighted by Crippen LogP contribution is 2.28. The Hall–Kier alpha value is -1.40. The van der Waals surface area contributed by atoms with E-state index in [4.69, 9.17) is 15.0 Å². The maximum atomic E-state index is 5.63. The molecule has 1 unspecified atom stereocenters. The Bertz CT molecular complexity index is 466. The molecular formula is C10H13N3O2S. The quantitative estimate of drug-likeness (QED) is 0.882. The number of thiophene rings is 1. The van der Waals surface area contributed by atoms with Crippen LogP contribution in [0.1, 0.15) is 12.7 Å². The molecule has 1 atom stereocenters. The number of hydrogen-bond donors (Lipinski definition) is 1. The van der Waals surface area contributed by atoms with Crippen LogP contribution in [0, 0.1) is 0 Å². The molecule has 0 radical (unpaired) electrons. The molecule has 0 saturated heterocycles. The zero-order valence-electron chi connectivity index (χ0n) is 9.14. The van der Waals surface area contributed by atoms with Crippen molar-refractivity contribution in [1.29, 1.82) is 0 Å². The minimum atomic E-state index is 0.0823. The Kier molecular flexibility index (Phi) is 3.21. The third kappa shape index (κ3) is 2.40. The number of nitrogens with two attached hydrogens (primary N) is 1. The fourth-order valence-electron chi connectivity index (χ4n) is 1.25. The maximum Gasteiger partial charge on any atom is 0.268 e. The molecule has 0 bridgehead atoms. The van der Waals surface area contributed by atoms with Crippen molar-refractivity contribution in [2.24, 2.45) is 0 Å². The highest BCUT2D eigenvalue weighted by atomic mass is 32.1. The number of methoxy groups -OCH3 is 1. The zero-order valence-corrected chi connectivity index (χ0v) is 9.95. The van der Waals surface area contributed by atoms with E-state index in [1.165, 1.54) is 11.3 Å². The first-order valence-electron chi connectivity index (χ1n) is 4.90. The summed E-state index contributed by atoms with van der Waals surface area (Å²) in [6, 6.07) is 3.69. The standard InChI is InChI=1S/C10H13N3O2S/c1-6(14-2)5-9-12-10(15-13-9)7-3-4-8(11)16-7/h3-4,6H,5,11H2,1-2H3. The third-order valence-electron chi connectivity index (χ3n) is 2.18. The number of aromatic nitrogens is 2. The molecule has 0 amide bonds. The van der Waals surface area contributed by atoms with Crippen molar-refractivity contribution in [3.8, 4) is 10.8 Å². The van der Waals surface area contributed by atoms with Gasteiger partial charge in [-0.25, -0.2) is 0 Å². The lowest BCUT2D eigenvalue weighted by Crippen LogP contribution is -2.09. The van der Waals surface area contributed by atoms with Gasteiger partial charge in [0, 0.05) is 13.5 Å². The molecule has 5 nitrogen and oxygen atoms in total. The summed E-state index contributed by atoms with van der Waals surface area (Å²) in [7, 11) is 1.66. The van der Waals surface area contributed by atoms with E-state index >= 15 is 0 Å². The van der Waals surface area contributed by atoms with Crippen molar-refractivity contribution < 1.29 is 9.26 Å². The number of anilines is 1.